The van der Waals surface area contributed by atoms with Crippen LogP contribution in [0.25, 0.3) is 87.4 Å². The van der Waals surface area contributed by atoms with Gasteiger partial charge in [0.05, 0.1) is 22.7 Å². The highest BCUT2D eigenvalue weighted by molar-refractivity contribution is 6.30. The highest BCUT2D eigenvalue weighted by Gasteiger charge is 2.27. The van der Waals surface area contributed by atoms with Crippen LogP contribution in [0.15, 0.2) is 195 Å². The molecule has 13 rings (SSSR count). The zero-order chi connectivity index (χ0) is 43.5. The second-order valence-corrected chi connectivity index (χ2v) is 17.4. The maximum atomic E-state index is 7.25. The van der Waals surface area contributed by atoms with Gasteiger partial charge in [-0.1, -0.05) is 121 Å². The van der Waals surface area contributed by atoms with E-state index in [1.807, 2.05) is 24.3 Å². The van der Waals surface area contributed by atoms with Gasteiger partial charge in [-0.2, -0.15) is 0 Å². The maximum Gasteiger partial charge on any atom is 0.159 e. The van der Waals surface area contributed by atoms with E-state index in [4.69, 9.17) is 13.3 Å². The second kappa shape index (κ2) is 14.1. The molecule has 0 radical (unpaired) electrons. The minimum atomic E-state index is 0.804. The van der Waals surface area contributed by atoms with Crippen LogP contribution in [-0.2, 0) is 0 Å². The molecule has 5 nitrogen and oxygen atoms in total. The highest BCUT2D eigenvalue weighted by Crippen LogP contribution is 2.51. The smallest absolute Gasteiger partial charge is 0.159 e. The van der Waals surface area contributed by atoms with Crippen LogP contribution in [-0.4, -0.2) is 0 Å². The Balaban J connectivity index is 1.11. The predicted octanol–water partition coefficient (Wildman–Crippen LogP) is 17.9. The molecule has 0 unspecified atom stereocenters. The first-order valence-electron chi connectivity index (χ1n) is 22.2. The van der Waals surface area contributed by atoms with E-state index in [-0.39, 0.29) is 0 Å². The molecular weight excluding hydrogens is 797 g/mol. The average molecular weight is 839 g/mol. The van der Waals surface area contributed by atoms with E-state index < -0.39 is 0 Å². The van der Waals surface area contributed by atoms with Crippen molar-refractivity contribution in [1.29, 1.82) is 0 Å². The van der Waals surface area contributed by atoms with Crippen molar-refractivity contribution < 1.29 is 13.3 Å². The van der Waals surface area contributed by atoms with Gasteiger partial charge in [0.25, 0.3) is 0 Å². The summed E-state index contributed by atoms with van der Waals surface area (Å²) >= 11 is 0. The van der Waals surface area contributed by atoms with Crippen molar-refractivity contribution in [3.8, 4) is 0 Å². The number of benzene rings is 10. The van der Waals surface area contributed by atoms with E-state index in [0.29, 0.717) is 0 Å². The number of hydrogen-bond acceptors (Lipinski definition) is 5. The van der Waals surface area contributed by atoms with Crippen LogP contribution in [0.2, 0.25) is 0 Å². The van der Waals surface area contributed by atoms with Crippen molar-refractivity contribution in [2.24, 2.45) is 0 Å². The summed E-state index contributed by atoms with van der Waals surface area (Å²) in [7, 11) is 0. The van der Waals surface area contributed by atoms with Crippen LogP contribution in [0.1, 0.15) is 22.3 Å². The van der Waals surface area contributed by atoms with E-state index >= 15 is 0 Å². The molecule has 0 aliphatic carbocycles. The number of hydrogen-bond donors (Lipinski definition) is 0. The standard InChI is InChI=1S/C60H42N2O3/c1-35-27-29-39(31-37(35)3)61(49-23-13-21-47-43-17-9-11-25-53(43)64-59(47)49)51-33-55-57(45-19-7-5-15-41(45)51)58-46-20-8-6-16-42(46)52(34-56(58)63-55)62(40-30-28-36(2)38(4)32-40)50-24-14-22-48-44-18-10-12-26-54(44)65-60(48)50/h5-34H,1-4H3. The number of anilines is 6. The van der Waals surface area contributed by atoms with E-state index in [1.165, 1.54) is 22.3 Å². The van der Waals surface area contributed by atoms with Crippen LogP contribution >= 0.6 is 0 Å². The van der Waals surface area contributed by atoms with Crippen molar-refractivity contribution in [3.63, 3.8) is 0 Å². The summed E-state index contributed by atoms with van der Waals surface area (Å²) in [5, 5.41) is 10.9. The lowest BCUT2D eigenvalue weighted by Crippen LogP contribution is -2.11. The Kier molecular flexibility index (Phi) is 8.10. The number of aryl methyl sites for hydroxylation is 4. The molecule has 0 bridgehead atoms. The molecule has 5 heteroatoms. The van der Waals surface area contributed by atoms with E-state index in [9.17, 15) is 0 Å². The fourth-order valence-corrected chi connectivity index (χ4v) is 10.2. The Morgan fingerprint density at radius 2 is 0.662 bits per heavy atom. The quantitative estimate of drug-likeness (QED) is 0.167. The van der Waals surface area contributed by atoms with Crippen molar-refractivity contribution in [3.05, 3.63) is 204 Å². The van der Waals surface area contributed by atoms with Crippen LogP contribution in [0.4, 0.5) is 34.1 Å². The number of para-hydroxylation sites is 4. The highest BCUT2D eigenvalue weighted by atomic mass is 16.3. The SMILES string of the molecule is Cc1ccc(N(c2cc3oc4cc(N(c5ccc(C)c(C)c5)c5cccc6c5oc5ccccc56)c5ccccc5c4c3c3ccccc23)c2cccc3c2oc2ccccc23)cc1C. The maximum absolute atomic E-state index is 7.25. The fraction of sp³-hybridized carbons (Fsp3) is 0.0667. The molecule has 3 heterocycles. The minimum absolute atomic E-state index is 0.804. The summed E-state index contributed by atoms with van der Waals surface area (Å²) in [5.74, 6) is 0. The summed E-state index contributed by atoms with van der Waals surface area (Å²) in [6, 6.07) is 64.9. The molecule has 0 atom stereocenters. The topological polar surface area (TPSA) is 45.9 Å². The number of fused-ring (bicyclic) bond motifs is 13. The molecule has 310 valence electrons. The zero-order valence-electron chi connectivity index (χ0n) is 36.4. The lowest BCUT2D eigenvalue weighted by atomic mass is 9.96. The monoisotopic (exact) mass is 838 g/mol. The van der Waals surface area contributed by atoms with Gasteiger partial charge in [-0.3, -0.25) is 0 Å². The minimum Gasteiger partial charge on any atom is -0.456 e. The van der Waals surface area contributed by atoms with Gasteiger partial charge in [0.15, 0.2) is 11.2 Å². The summed E-state index contributed by atoms with van der Waals surface area (Å²) in [5.41, 5.74) is 15.9. The van der Waals surface area contributed by atoms with Crippen molar-refractivity contribution >= 4 is 121 Å². The molecule has 0 N–H and O–H groups in total. The van der Waals surface area contributed by atoms with E-state index in [0.717, 1.165) is 121 Å². The van der Waals surface area contributed by atoms with Crippen molar-refractivity contribution in [1.82, 2.24) is 0 Å². The molecule has 13 aromatic rings. The first kappa shape index (κ1) is 37.3. The first-order valence-corrected chi connectivity index (χ1v) is 22.2. The third-order valence-electron chi connectivity index (χ3n) is 13.7. The molecule has 0 fully saturated rings. The number of nitrogens with zero attached hydrogens (tertiary/aromatic N) is 2. The number of rotatable bonds is 6. The molecule has 0 aliphatic heterocycles. The normalized spacial score (nSPS) is 12.0. The van der Waals surface area contributed by atoms with Crippen LogP contribution in [0.3, 0.4) is 0 Å². The first-order chi connectivity index (χ1) is 31.9. The molecule has 0 saturated heterocycles. The van der Waals surface area contributed by atoms with Crippen molar-refractivity contribution in [2.45, 2.75) is 27.7 Å². The van der Waals surface area contributed by atoms with Gasteiger partial charge in [0.1, 0.15) is 22.3 Å². The van der Waals surface area contributed by atoms with Crippen LogP contribution in [0.5, 0.6) is 0 Å². The Morgan fingerprint density at radius 1 is 0.277 bits per heavy atom. The largest absolute Gasteiger partial charge is 0.456 e. The molecule has 0 aliphatic rings. The second-order valence-electron chi connectivity index (χ2n) is 17.4. The molecule has 65 heavy (non-hydrogen) atoms. The van der Waals surface area contributed by atoms with E-state index in [1.54, 1.807) is 0 Å². The molecule has 0 saturated carbocycles. The summed E-state index contributed by atoms with van der Waals surface area (Å²) in [6.07, 6.45) is 0. The molecule has 3 aromatic heterocycles. The summed E-state index contributed by atoms with van der Waals surface area (Å²) < 4.78 is 20.7. The van der Waals surface area contributed by atoms with Gasteiger partial charge in [0.2, 0.25) is 0 Å². The summed E-state index contributed by atoms with van der Waals surface area (Å²) in [6.45, 7) is 8.68. The van der Waals surface area contributed by atoms with Gasteiger partial charge in [-0.25, -0.2) is 0 Å². The Hall–Kier alpha value is -8.28. The Morgan fingerprint density at radius 3 is 1.09 bits per heavy atom. The van der Waals surface area contributed by atoms with Gasteiger partial charge < -0.3 is 23.1 Å². The van der Waals surface area contributed by atoms with Crippen molar-refractivity contribution in [2.75, 3.05) is 9.80 Å². The molecule has 0 amide bonds. The average Bonchev–Trinajstić information content (AvgIpc) is 4.04. The lowest BCUT2D eigenvalue weighted by Gasteiger charge is -2.28. The fourth-order valence-electron chi connectivity index (χ4n) is 10.2. The van der Waals surface area contributed by atoms with E-state index in [2.05, 4.69) is 195 Å². The number of furan rings is 3. The third kappa shape index (κ3) is 5.58. The Labute approximate surface area is 374 Å². The Bertz CT molecular complexity index is 3830. The third-order valence-corrected chi connectivity index (χ3v) is 13.7. The summed E-state index contributed by atoms with van der Waals surface area (Å²) in [4.78, 5) is 4.70. The zero-order valence-corrected chi connectivity index (χ0v) is 36.4. The predicted molar refractivity (Wildman–Crippen MR) is 272 cm³/mol. The lowest BCUT2D eigenvalue weighted by molar-refractivity contribution is 0.667. The molecule has 10 aromatic carbocycles. The van der Waals surface area contributed by atoms with Gasteiger partial charge >= 0.3 is 0 Å². The molecular formula is C60H42N2O3. The van der Waals surface area contributed by atoms with Gasteiger partial charge in [-0.05, 0) is 109 Å². The van der Waals surface area contributed by atoms with Gasteiger partial charge in [-0.15, -0.1) is 0 Å². The molecule has 0 spiro atoms. The van der Waals surface area contributed by atoms with Crippen LogP contribution in [0, 0.1) is 27.7 Å². The van der Waals surface area contributed by atoms with Crippen LogP contribution < -0.4 is 9.80 Å². The van der Waals surface area contributed by atoms with Gasteiger partial charge in [0, 0.05) is 66.6 Å².